The van der Waals surface area contributed by atoms with Gasteiger partial charge in [0.1, 0.15) is 6.29 Å². The van der Waals surface area contributed by atoms with E-state index in [-0.39, 0.29) is 0 Å². The standard InChI is InChI=1S/C8H17NO2/c1-2-3-4-5-11-7-8(9)6-10/h6,8H,2-5,7,9H2,1H3/t8-/m0/s1. The molecule has 0 aliphatic carbocycles. The number of ether oxygens (including phenoxy) is 1. The monoisotopic (exact) mass is 159 g/mol. The summed E-state index contributed by atoms with van der Waals surface area (Å²) in [5.41, 5.74) is 5.29. The maximum atomic E-state index is 10.0. The van der Waals surface area contributed by atoms with Crippen molar-refractivity contribution >= 4 is 6.29 Å². The van der Waals surface area contributed by atoms with Crippen molar-refractivity contribution in [2.45, 2.75) is 32.2 Å². The maximum Gasteiger partial charge on any atom is 0.139 e. The van der Waals surface area contributed by atoms with E-state index in [4.69, 9.17) is 10.5 Å². The van der Waals surface area contributed by atoms with Gasteiger partial charge in [0.25, 0.3) is 0 Å². The molecule has 3 heteroatoms. The molecule has 0 spiro atoms. The van der Waals surface area contributed by atoms with Gasteiger partial charge in [0, 0.05) is 6.61 Å². The van der Waals surface area contributed by atoms with E-state index in [0.717, 1.165) is 13.0 Å². The maximum absolute atomic E-state index is 10.0. The van der Waals surface area contributed by atoms with Crippen molar-refractivity contribution in [2.24, 2.45) is 5.73 Å². The molecule has 0 saturated carbocycles. The summed E-state index contributed by atoms with van der Waals surface area (Å²) in [7, 11) is 0. The van der Waals surface area contributed by atoms with Gasteiger partial charge < -0.3 is 15.3 Å². The molecule has 0 rings (SSSR count). The minimum atomic E-state index is -0.448. The van der Waals surface area contributed by atoms with Crippen LogP contribution < -0.4 is 5.73 Å². The van der Waals surface area contributed by atoms with Gasteiger partial charge in [-0.15, -0.1) is 0 Å². The van der Waals surface area contributed by atoms with E-state index in [1.54, 1.807) is 0 Å². The molecule has 0 unspecified atom stereocenters. The molecule has 0 aromatic rings. The van der Waals surface area contributed by atoms with Crippen molar-refractivity contribution in [3.8, 4) is 0 Å². The first-order chi connectivity index (χ1) is 5.31. The van der Waals surface area contributed by atoms with Gasteiger partial charge in [-0.1, -0.05) is 19.8 Å². The van der Waals surface area contributed by atoms with Crippen molar-refractivity contribution < 1.29 is 9.53 Å². The molecule has 0 amide bonds. The Morgan fingerprint density at radius 3 is 2.82 bits per heavy atom. The molecule has 0 aliphatic heterocycles. The molecule has 0 aliphatic rings. The van der Waals surface area contributed by atoms with Gasteiger partial charge in [0.15, 0.2) is 0 Å². The average molecular weight is 159 g/mol. The molecule has 0 aromatic heterocycles. The zero-order chi connectivity index (χ0) is 8.53. The lowest BCUT2D eigenvalue weighted by Crippen LogP contribution is -2.27. The number of nitrogens with two attached hydrogens (primary N) is 1. The van der Waals surface area contributed by atoms with Crippen LogP contribution in [-0.4, -0.2) is 25.5 Å². The number of hydrogen-bond donors (Lipinski definition) is 1. The molecular weight excluding hydrogens is 142 g/mol. The van der Waals surface area contributed by atoms with E-state index >= 15 is 0 Å². The second-order valence-corrected chi connectivity index (χ2v) is 2.58. The van der Waals surface area contributed by atoms with Gasteiger partial charge in [-0.25, -0.2) is 0 Å². The van der Waals surface area contributed by atoms with Gasteiger partial charge in [0.2, 0.25) is 0 Å². The molecule has 0 saturated heterocycles. The van der Waals surface area contributed by atoms with Crippen molar-refractivity contribution in [2.75, 3.05) is 13.2 Å². The van der Waals surface area contributed by atoms with Crippen molar-refractivity contribution in [1.29, 1.82) is 0 Å². The lowest BCUT2D eigenvalue weighted by molar-refractivity contribution is -0.110. The Balaban J connectivity index is 2.95. The summed E-state index contributed by atoms with van der Waals surface area (Å²) < 4.78 is 5.13. The second-order valence-electron chi connectivity index (χ2n) is 2.58. The minimum Gasteiger partial charge on any atom is -0.379 e. The summed E-state index contributed by atoms with van der Waals surface area (Å²) in [5.74, 6) is 0. The SMILES string of the molecule is CCCCCOC[C@@H](N)C=O. The van der Waals surface area contributed by atoms with Crippen molar-refractivity contribution in [3.63, 3.8) is 0 Å². The number of unbranched alkanes of at least 4 members (excludes halogenated alkanes) is 2. The first-order valence-corrected chi connectivity index (χ1v) is 4.10. The van der Waals surface area contributed by atoms with Crippen LogP contribution in [0.4, 0.5) is 0 Å². The Kier molecular flexibility index (Phi) is 7.41. The summed E-state index contributed by atoms with van der Waals surface area (Å²) in [6.45, 7) is 3.21. The van der Waals surface area contributed by atoms with E-state index in [1.807, 2.05) is 0 Å². The van der Waals surface area contributed by atoms with Gasteiger partial charge in [-0.3, -0.25) is 0 Å². The number of hydrogen-bond acceptors (Lipinski definition) is 3. The fraction of sp³-hybridized carbons (Fsp3) is 0.875. The topological polar surface area (TPSA) is 52.3 Å². The Morgan fingerprint density at radius 1 is 1.55 bits per heavy atom. The molecule has 0 fully saturated rings. The van der Waals surface area contributed by atoms with Crippen LogP contribution in [0.25, 0.3) is 0 Å². The van der Waals surface area contributed by atoms with E-state index in [1.165, 1.54) is 12.8 Å². The predicted molar refractivity (Wildman–Crippen MR) is 44.4 cm³/mol. The van der Waals surface area contributed by atoms with Crippen LogP contribution in [0.3, 0.4) is 0 Å². The fourth-order valence-corrected chi connectivity index (χ4v) is 0.713. The van der Waals surface area contributed by atoms with Crippen LogP contribution in [0.5, 0.6) is 0 Å². The highest BCUT2D eigenvalue weighted by Crippen LogP contribution is 1.93. The van der Waals surface area contributed by atoms with E-state index in [0.29, 0.717) is 12.9 Å². The first-order valence-electron chi connectivity index (χ1n) is 4.10. The van der Waals surface area contributed by atoms with Crippen LogP contribution >= 0.6 is 0 Å². The zero-order valence-corrected chi connectivity index (χ0v) is 7.08. The summed E-state index contributed by atoms with van der Waals surface area (Å²) in [6, 6.07) is -0.448. The molecule has 11 heavy (non-hydrogen) atoms. The highest BCUT2D eigenvalue weighted by atomic mass is 16.5. The van der Waals surface area contributed by atoms with Gasteiger partial charge in [0.05, 0.1) is 12.6 Å². The highest BCUT2D eigenvalue weighted by Gasteiger charge is 1.97. The third kappa shape index (κ3) is 7.49. The minimum absolute atomic E-state index is 0.354. The summed E-state index contributed by atoms with van der Waals surface area (Å²) >= 11 is 0. The number of carbonyl (C=O) groups is 1. The van der Waals surface area contributed by atoms with Crippen LogP contribution in [0.15, 0.2) is 0 Å². The predicted octanol–water partition coefficient (Wildman–Crippen LogP) is 0.719. The van der Waals surface area contributed by atoms with Gasteiger partial charge in [-0.05, 0) is 6.42 Å². The average Bonchev–Trinajstić information content (AvgIpc) is 2.04. The van der Waals surface area contributed by atoms with Gasteiger partial charge in [-0.2, -0.15) is 0 Å². The number of aldehydes is 1. The third-order valence-corrected chi connectivity index (χ3v) is 1.38. The smallest absolute Gasteiger partial charge is 0.139 e. The molecule has 0 heterocycles. The zero-order valence-electron chi connectivity index (χ0n) is 7.08. The lowest BCUT2D eigenvalue weighted by atomic mass is 10.3. The normalized spacial score (nSPS) is 12.9. The molecule has 66 valence electrons. The Morgan fingerprint density at radius 2 is 2.27 bits per heavy atom. The van der Waals surface area contributed by atoms with Crippen LogP contribution in [0, 0.1) is 0 Å². The largest absolute Gasteiger partial charge is 0.379 e. The van der Waals surface area contributed by atoms with E-state index in [2.05, 4.69) is 6.92 Å². The second kappa shape index (κ2) is 7.69. The Bertz CT molecular complexity index is 96.1. The third-order valence-electron chi connectivity index (χ3n) is 1.38. The molecule has 0 bridgehead atoms. The molecule has 0 aromatic carbocycles. The number of carbonyl (C=O) groups excluding carboxylic acids is 1. The van der Waals surface area contributed by atoms with Gasteiger partial charge >= 0.3 is 0 Å². The lowest BCUT2D eigenvalue weighted by Gasteiger charge is -2.04. The molecule has 2 N–H and O–H groups in total. The molecular formula is C8H17NO2. The molecule has 1 atom stereocenters. The highest BCUT2D eigenvalue weighted by molar-refractivity contribution is 5.56. The van der Waals surface area contributed by atoms with Crippen LogP contribution in [-0.2, 0) is 9.53 Å². The van der Waals surface area contributed by atoms with E-state index in [9.17, 15) is 4.79 Å². The summed E-state index contributed by atoms with van der Waals surface area (Å²) in [4.78, 5) is 10.0. The summed E-state index contributed by atoms with van der Waals surface area (Å²) in [5, 5.41) is 0. The fourth-order valence-electron chi connectivity index (χ4n) is 0.713. The quantitative estimate of drug-likeness (QED) is 0.440. The van der Waals surface area contributed by atoms with Crippen molar-refractivity contribution in [3.05, 3.63) is 0 Å². The number of rotatable bonds is 7. The van der Waals surface area contributed by atoms with Crippen LogP contribution in [0.1, 0.15) is 26.2 Å². The van der Waals surface area contributed by atoms with Crippen LogP contribution in [0.2, 0.25) is 0 Å². The first kappa shape index (κ1) is 10.6. The van der Waals surface area contributed by atoms with E-state index < -0.39 is 6.04 Å². The molecule has 0 radical (unpaired) electrons. The Labute approximate surface area is 67.9 Å². The summed E-state index contributed by atoms with van der Waals surface area (Å²) in [6.07, 6.45) is 4.13. The Hall–Kier alpha value is -0.410. The van der Waals surface area contributed by atoms with Crippen molar-refractivity contribution in [1.82, 2.24) is 0 Å². The molecule has 3 nitrogen and oxygen atoms in total.